The van der Waals surface area contributed by atoms with E-state index >= 15 is 0 Å². The molecule has 1 aromatic carbocycles. The summed E-state index contributed by atoms with van der Waals surface area (Å²) in [5.41, 5.74) is 12.8. The number of nitrogens with zero attached hydrogens (tertiary/aromatic N) is 3. The second kappa shape index (κ2) is 6.43. The van der Waals surface area contributed by atoms with Crippen LogP contribution in [0.2, 0.25) is 0 Å². The van der Waals surface area contributed by atoms with Crippen LogP contribution in [0.5, 0.6) is 0 Å². The van der Waals surface area contributed by atoms with Crippen LogP contribution in [0.15, 0.2) is 30.5 Å². The Hall–Kier alpha value is -2.69. The van der Waals surface area contributed by atoms with Crippen LogP contribution in [0.3, 0.4) is 0 Å². The largest absolute Gasteiger partial charge is 0.370 e. The number of nitrogens with two attached hydrogens (primary N) is 1. The lowest BCUT2D eigenvalue weighted by atomic mass is 10.0. The Morgan fingerprint density at radius 1 is 1.12 bits per heavy atom. The maximum Gasteiger partial charge on any atom is 0.217 e. The average molecular weight is 322 g/mol. The van der Waals surface area contributed by atoms with Crippen molar-refractivity contribution in [2.24, 2.45) is 5.73 Å². The Bertz CT molecular complexity index is 891. The molecule has 3 rings (SSSR count). The topological polar surface area (TPSA) is 73.8 Å². The minimum atomic E-state index is -0.279. The first-order valence-corrected chi connectivity index (χ1v) is 8.14. The van der Waals surface area contributed by atoms with Crippen molar-refractivity contribution in [1.82, 2.24) is 14.8 Å². The number of hydrogen-bond donors (Lipinski definition) is 1. The molecule has 124 valence electrons. The number of carbonyl (C=O) groups excluding carboxylic acids is 1. The number of fused-ring (bicyclic) bond motifs is 1. The quantitative estimate of drug-likeness (QED) is 0.783. The van der Waals surface area contributed by atoms with Gasteiger partial charge in [0.2, 0.25) is 5.91 Å². The number of benzene rings is 1. The molecule has 2 aromatic heterocycles. The number of amides is 1. The fourth-order valence-corrected chi connectivity index (χ4v) is 3.14. The van der Waals surface area contributed by atoms with E-state index in [1.807, 2.05) is 4.68 Å². The van der Waals surface area contributed by atoms with Crippen LogP contribution in [-0.4, -0.2) is 20.7 Å². The number of pyridine rings is 1. The summed E-state index contributed by atoms with van der Waals surface area (Å²) in [6, 6.07) is 8.56. The van der Waals surface area contributed by atoms with Gasteiger partial charge in [-0.05, 0) is 51.0 Å². The number of rotatable bonds is 5. The molecule has 2 N–H and O–H groups in total. The number of aromatic nitrogens is 3. The molecule has 0 aliphatic carbocycles. The van der Waals surface area contributed by atoms with Gasteiger partial charge in [-0.3, -0.25) is 9.48 Å². The average Bonchev–Trinajstić information content (AvgIpc) is 2.89. The molecule has 1 amide bonds. The van der Waals surface area contributed by atoms with Crippen molar-refractivity contribution in [3.63, 3.8) is 0 Å². The zero-order valence-electron chi connectivity index (χ0n) is 14.3. The van der Waals surface area contributed by atoms with Crippen molar-refractivity contribution in [1.29, 1.82) is 0 Å². The molecule has 0 unspecified atom stereocenters. The van der Waals surface area contributed by atoms with Gasteiger partial charge in [0.05, 0.1) is 17.4 Å². The van der Waals surface area contributed by atoms with E-state index in [1.54, 1.807) is 6.20 Å². The molecular formula is C19H22N4O. The van der Waals surface area contributed by atoms with Gasteiger partial charge in [0, 0.05) is 18.5 Å². The van der Waals surface area contributed by atoms with Crippen LogP contribution in [0, 0.1) is 20.8 Å². The molecule has 0 aliphatic heterocycles. The molecule has 0 saturated carbocycles. The van der Waals surface area contributed by atoms with Crippen LogP contribution in [0.25, 0.3) is 22.3 Å². The van der Waals surface area contributed by atoms with E-state index in [0.29, 0.717) is 19.4 Å². The Balaban J connectivity index is 1.98. The van der Waals surface area contributed by atoms with Crippen LogP contribution < -0.4 is 5.73 Å². The third-order valence-corrected chi connectivity index (χ3v) is 4.10. The van der Waals surface area contributed by atoms with Gasteiger partial charge < -0.3 is 5.73 Å². The van der Waals surface area contributed by atoms with Crippen molar-refractivity contribution in [2.45, 2.75) is 40.2 Å². The number of primary amides is 1. The zero-order valence-corrected chi connectivity index (χ0v) is 14.3. The van der Waals surface area contributed by atoms with Crippen molar-refractivity contribution in [3.05, 3.63) is 47.2 Å². The van der Waals surface area contributed by atoms with E-state index in [9.17, 15) is 4.79 Å². The van der Waals surface area contributed by atoms with Crippen molar-refractivity contribution in [3.8, 4) is 11.3 Å². The van der Waals surface area contributed by atoms with E-state index in [1.165, 1.54) is 11.1 Å². The summed E-state index contributed by atoms with van der Waals surface area (Å²) >= 11 is 0. The molecule has 5 nitrogen and oxygen atoms in total. The Kier molecular flexibility index (Phi) is 4.34. The molecule has 3 aromatic rings. The second-order valence-corrected chi connectivity index (χ2v) is 6.37. The molecule has 5 heteroatoms. The summed E-state index contributed by atoms with van der Waals surface area (Å²) in [7, 11) is 0. The molecule has 0 fully saturated rings. The van der Waals surface area contributed by atoms with Gasteiger partial charge in [0.15, 0.2) is 0 Å². The van der Waals surface area contributed by atoms with Gasteiger partial charge in [-0.15, -0.1) is 0 Å². The summed E-state index contributed by atoms with van der Waals surface area (Å²) in [6.45, 7) is 6.93. The Labute approximate surface area is 141 Å². The smallest absolute Gasteiger partial charge is 0.217 e. The van der Waals surface area contributed by atoms with Gasteiger partial charge in [-0.2, -0.15) is 5.10 Å². The van der Waals surface area contributed by atoms with Gasteiger partial charge in [0.25, 0.3) is 0 Å². The molecule has 0 spiro atoms. The first-order valence-electron chi connectivity index (χ1n) is 8.14. The van der Waals surface area contributed by atoms with Crippen LogP contribution >= 0.6 is 0 Å². The predicted octanol–water partition coefficient (Wildman–Crippen LogP) is 3.29. The summed E-state index contributed by atoms with van der Waals surface area (Å²) in [6.07, 6.45) is 2.84. The van der Waals surface area contributed by atoms with Crippen LogP contribution in [-0.2, 0) is 11.3 Å². The lowest BCUT2D eigenvalue weighted by molar-refractivity contribution is -0.118. The third kappa shape index (κ3) is 3.30. The van der Waals surface area contributed by atoms with Crippen LogP contribution in [0.4, 0.5) is 0 Å². The van der Waals surface area contributed by atoms with Gasteiger partial charge in [-0.25, -0.2) is 4.98 Å². The van der Waals surface area contributed by atoms with E-state index in [2.05, 4.69) is 50.1 Å². The highest BCUT2D eigenvalue weighted by Crippen LogP contribution is 2.26. The summed E-state index contributed by atoms with van der Waals surface area (Å²) < 4.78 is 1.91. The fourth-order valence-electron chi connectivity index (χ4n) is 3.14. The SMILES string of the molecule is Cc1cc(C)cc(-c2cc(C)c3c(cnn3CCCC(N)=O)n2)c1. The highest BCUT2D eigenvalue weighted by molar-refractivity contribution is 5.81. The summed E-state index contributed by atoms with van der Waals surface area (Å²) in [5.74, 6) is -0.279. The number of aryl methyl sites for hydroxylation is 4. The maximum atomic E-state index is 10.9. The zero-order chi connectivity index (χ0) is 17.3. The van der Waals surface area contributed by atoms with E-state index in [0.717, 1.165) is 27.9 Å². The molecule has 24 heavy (non-hydrogen) atoms. The Morgan fingerprint density at radius 2 is 1.83 bits per heavy atom. The summed E-state index contributed by atoms with van der Waals surface area (Å²) in [4.78, 5) is 15.7. The van der Waals surface area contributed by atoms with Gasteiger partial charge in [-0.1, -0.05) is 17.2 Å². The van der Waals surface area contributed by atoms with E-state index in [-0.39, 0.29) is 5.91 Å². The fraction of sp³-hybridized carbons (Fsp3) is 0.316. The lowest BCUT2D eigenvalue weighted by Gasteiger charge is -2.09. The minimum absolute atomic E-state index is 0.279. The van der Waals surface area contributed by atoms with Crippen molar-refractivity contribution < 1.29 is 4.79 Å². The lowest BCUT2D eigenvalue weighted by Crippen LogP contribution is -2.12. The van der Waals surface area contributed by atoms with Gasteiger partial charge in [0.1, 0.15) is 5.52 Å². The monoisotopic (exact) mass is 322 g/mol. The second-order valence-electron chi connectivity index (χ2n) is 6.37. The van der Waals surface area contributed by atoms with Crippen LogP contribution in [0.1, 0.15) is 29.5 Å². The highest BCUT2D eigenvalue weighted by atomic mass is 16.1. The molecule has 2 heterocycles. The molecule has 0 aliphatic rings. The molecule has 0 bridgehead atoms. The molecule has 0 radical (unpaired) electrons. The molecule has 0 atom stereocenters. The molecule has 0 saturated heterocycles. The minimum Gasteiger partial charge on any atom is -0.370 e. The van der Waals surface area contributed by atoms with E-state index in [4.69, 9.17) is 10.7 Å². The number of carbonyl (C=O) groups is 1. The highest BCUT2D eigenvalue weighted by Gasteiger charge is 2.11. The first-order chi connectivity index (χ1) is 11.4. The number of hydrogen-bond acceptors (Lipinski definition) is 3. The predicted molar refractivity (Wildman–Crippen MR) is 95.6 cm³/mol. The Morgan fingerprint density at radius 3 is 2.50 bits per heavy atom. The summed E-state index contributed by atoms with van der Waals surface area (Å²) in [5, 5.41) is 4.42. The maximum absolute atomic E-state index is 10.9. The van der Waals surface area contributed by atoms with E-state index < -0.39 is 0 Å². The first kappa shape index (κ1) is 16.2. The van der Waals surface area contributed by atoms with Crippen molar-refractivity contribution >= 4 is 16.9 Å². The third-order valence-electron chi connectivity index (χ3n) is 4.10. The molecular weight excluding hydrogens is 300 g/mol. The standard InChI is InChI=1S/C19H22N4O/c1-12-7-13(2)9-15(8-12)16-10-14(3)19-17(22-16)11-21-23(19)6-4-5-18(20)24/h7-11H,4-6H2,1-3H3,(H2,20,24). The van der Waals surface area contributed by atoms with Gasteiger partial charge >= 0.3 is 0 Å². The van der Waals surface area contributed by atoms with Crippen molar-refractivity contribution in [2.75, 3.05) is 0 Å². The normalized spacial score (nSPS) is 11.1.